The van der Waals surface area contributed by atoms with Crippen molar-refractivity contribution in [3.63, 3.8) is 0 Å². The molecule has 0 spiro atoms. The van der Waals surface area contributed by atoms with E-state index in [0.717, 1.165) is 5.75 Å². The highest BCUT2D eigenvalue weighted by Gasteiger charge is 2.28. The number of fused-ring (bicyclic) bond motifs is 1. The lowest BCUT2D eigenvalue weighted by molar-refractivity contribution is 0.0961. The smallest absolute Gasteiger partial charge is 0.277 e. The van der Waals surface area contributed by atoms with Crippen LogP contribution in [-0.4, -0.2) is 27.2 Å². The van der Waals surface area contributed by atoms with E-state index in [-0.39, 0.29) is 5.91 Å². The van der Waals surface area contributed by atoms with Gasteiger partial charge in [-0.1, -0.05) is 35.9 Å². The van der Waals surface area contributed by atoms with Crippen molar-refractivity contribution in [2.45, 2.75) is 13.2 Å². The molecular formula is C18H15ClN4O2. The summed E-state index contributed by atoms with van der Waals surface area (Å²) in [5.74, 6) is 1.18. The minimum atomic E-state index is -0.139. The summed E-state index contributed by atoms with van der Waals surface area (Å²) in [6.07, 6.45) is 0. The van der Waals surface area contributed by atoms with Crippen LogP contribution in [0.25, 0.3) is 0 Å². The van der Waals surface area contributed by atoms with E-state index in [4.69, 9.17) is 16.3 Å². The van der Waals surface area contributed by atoms with E-state index in [1.54, 1.807) is 33.8 Å². The molecular weight excluding hydrogens is 340 g/mol. The van der Waals surface area contributed by atoms with Crippen LogP contribution in [0.5, 0.6) is 5.75 Å². The summed E-state index contributed by atoms with van der Waals surface area (Å²) >= 11 is 5.93. The molecule has 1 aliphatic rings. The van der Waals surface area contributed by atoms with Crippen molar-refractivity contribution in [2.75, 3.05) is 11.4 Å². The fourth-order valence-electron chi connectivity index (χ4n) is 2.76. The number of anilines is 1. The number of ether oxygens (including phenoxy) is 1. The predicted molar refractivity (Wildman–Crippen MR) is 93.9 cm³/mol. The average Bonchev–Trinajstić information content (AvgIpc) is 3.05. The third kappa shape index (κ3) is 3.21. The number of benzene rings is 1. The Balaban J connectivity index is 1.53. The number of amides is 1. The lowest BCUT2D eigenvalue weighted by Crippen LogP contribution is -2.40. The minimum Gasteiger partial charge on any atom is -0.487 e. The molecule has 0 unspecified atom stereocenters. The Kier molecular flexibility index (Phi) is 4.11. The highest BCUT2D eigenvalue weighted by molar-refractivity contribution is 6.29. The van der Waals surface area contributed by atoms with Gasteiger partial charge in [-0.25, -0.2) is 4.98 Å². The van der Waals surface area contributed by atoms with Gasteiger partial charge in [-0.15, -0.1) is 0 Å². The Bertz CT molecular complexity index is 910. The third-order valence-electron chi connectivity index (χ3n) is 3.94. The lowest BCUT2D eigenvalue weighted by Gasteiger charge is -2.26. The van der Waals surface area contributed by atoms with Crippen molar-refractivity contribution < 1.29 is 9.53 Å². The number of hydrogen-bond acceptors (Lipinski definition) is 4. The molecule has 0 bridgehead atoms. The quantitative estimate of drug-likeness (QED) is 0.675. The molecule has 4 rings (SSSR count). The molecule has 25 heavy (non-hydrogen) atoms. The minimum absolute atomic E-state index is 0.139. The standard InChI is InChI=1S/C18H15ClN4O2/c19-16-7-4-8-17(20-16)22-9-10-23-15(18(22)24)11-13(21-23)12-25-14-5-2-1-3-6-14/h1-8,11H,9-10,12H2. The molecule has 0 atom stereocenters. The predicted octanol–water partition coefficient (Wildman–Crippen LogP) is 3.17. The van der Waals surface area contributed by atoms with Crippen molar-refractivity contribution in [2.24, 2.45) is 0 Å². The second kappa shape index (κ2) is 6.57. The van der Waals surface area contributed by atoms with Crippen LogP contribution >= 0.6 is 11.6 Å². The Morgan fingerprint density at radius 3 is 2.72 bits per heavy atom. The first kappa shape index (κ1) is 15.7. The largest absolute Gasteiger partial charge is 0.487 e. The lowest BCUT2D eigenvalue weighted by atomic mass is 10.2. The average molecular weight is 355 g/mol. The normalized spacial score (nSPS) is 13.6. The number of carbonyl (C=O) groups excluding carboxylic acids is 1. The van der Waals surface area contributed by atoms with Gasteiger partial charge in [-0.05, 0) is 30.3 Å². The van der Waals surface area contributed by atoms with Crippen molar-refractivity contribution in [1.29, 1.82) is 0 Å². The highest BCUT2D eigenvalue weighted by atomic mass is 35.5. The summed E-state index contributed by atoms with van der Waals surface area (Å²) < 4.78 is 7.42. The van der Waals surface area contributed by atoms with Crippen molar-refractivity contribution in [1.82, 2.24) is 14.8 Å². The van der Waals surface area contributed by atoms with E-state index in [1.165, 1.54) is 0 Å². The van der Waals surface area contributed by atoms with Gasteiger partial charge in [-0.2, -0.15) is 5.10 Å². The van der Waals surface area contributed by atoms with Crippen LogP contribution in [0.2, 0.25) is 5.15 Å². The maximum absolute atomic E-state index is 12.8. The number of pyridine rings is 1. The van der Waals surface area contributed by atoms with E-state index in [0.29, 0.717) is 42.1 Å². The van der Waals surface area contributed by atoms with E-state index in [1.807, 2.05) is 30.3 Å². The van der Waals surface area contributed by atoms with Gasteiger partial charge in [0, 0.05) is 6.54 Å². The maximum atomic E-state index is 12.8. The molecule has 1 aliphatic heterocycles. The summed E-state index contributed by atoms with van der Waals surface area (Å²) in [6, 6.07) is 16.5. The molecule has 3 heterocycles. The first-order valence-electron chi connectivity index (χ1n) is 7.90. The molecule has 0 saturated heterocycles. The number of hydrogen-bond donors (Lipinski definition) is 0. The fraction of sp³-hybridized carbons (Fsp3) is 0.167. The van der Waals surface area contributed by atoms with E-state index >= 15 is 0 Å². The van der Waals surface area contributed by atoms with Crippen LogP contribution in [0.1, 0.15) is 16.2 Å². The number of aromatic nitrogens is 3. The van der Waals surface area contributed by atoms with E-state index < -0.39 is 0 Å². The molecule has 3 aromatic rings. The van der Waals surface area contributed by atoms with Crippen LogP contribution in [0.15, 0.2) is 54.6 Å². The number of carbonyl (C=O) groups is 1. The molecule has 2 aromatic heterocycles. The van der Waals surface area contributed by atoms with Crippen molar-refractivity contribution >= 4 is 23.3 Å². The number of nitrogens with zero attached hydrogens (tertiary/aromatic N) is 4. The third-order valence-corrected chi connectivity index (χ3v) is 4.15. The Morgan fingerprint density at radius 2 is 1.92 bits per heavy atom. The molecule has 1 amide bonds. The van der Waals surface area contributed by atoms with Gasteiger partial charge in [0.15, 0.2) is 0 Å². The van der Waals surface area contributed by atoms with E-state index in [2.05, 4.69) is 10.1 Å². The van der Waals surface area contributed by atoms with Crippen LogP contribution in [0.4, 0.5) is 5.82 Å². The SMILES string of the molecule is O=C1c2cc(COc3ccccc3)nn2CCN1c1cccc(Cl)n1. The zero-order valence-electron chi connectivity index (χ0n) is 13.3. The number of rotatable bonds is 4. The van der Waals surface area contributed by atoms with Crippen LogP contribution in [-0.2, 0) is 13.2 Å². The summed E-state index contributed by atoms with van der Waals surface area (Å²) in [5, 5.41) is 4.82. The summed E-state index contributed by atoms with van der Waals surface area (Å²) in [4.78, 5) is 18.6. The Labute approximate surface area is 149 Å². The van der Waals surface area contributed by atoms with Gasteiger partial charge in [0.05, 0.1) is 6.54 Å². The monoisotopic (exact) mass is 354 g/mol. The molecule has 7 heteroatoms. The Morgan fingerprint density at radius 1 is 1.08 bits per heavy atom. The Hall–Kier alpha value is -2.86. The van der Waals surface area contributed by atoms with Crippen LogP contribution in [0, 0.1) is 0 Å². The van der Waals surface area contributed by atoms with Gasteiger partial charge in [0.1, 0.15) is 34.7 Å². The highest BCUT2D eigenvalue weighted by Crippen LogP contribution is 2.21. The van der Waals surface area contributed by atoms with Gasteiger partial charge >= 0.3 is 0 Å². The second-order valence-electron chi connectivity index (χ2n) is 5.62. The molecule has 126 valence electrons. The van der Waals surface area contributed by atoms with Crippen LogP contribution < -0.4 is 9.64 Å². The van der Waals surface area contributed by atoms with Crippen molar-refractivity contribution in [3.8, 4) is 5.75 Å². The summed E-state index contributed by atoms with van der Waals surface area (Å²) in [6.45, 7) is 1.41. The zero-order valence-corrected chi connectivity index (χ0v) is 14.1. The molecule has 0 radical (unpaired) electrons. The van der Waals surface area contributed by atoms with Gasteiger partial charge < -0.3 is 4.74 Å². The summed E-state index contributed by atoms with van der Waals surface area (Å²) in [5.41, 5.74) is 1.24. The first-order valence-corrected chi connectivity index (χ1v) is 8.27. The van der Waals surface area contributed by atoms with Gasteiger partial charge in [0.25, 0.3) is 5.91 Å². The molecule has 0 aliphatic carbocycles. The molecule has 0 fully saturated rings. The summed E-state index contributed by atoms with van der Waals surface area (Å²) in [7, 11) is 0. The fourth-order valence-corrected chi connectivity index (χ4v) is 2.92. The zero-order chi connectivity index (χ0) is 17.2. The first-order chi connectivity index (χ1) is 12.2. The number of halogens is 1. The van der Waals surface area contributed by atoms with E-state index in [9.17, 15) is 4.79 Å². The van der Waals surface area contributed by atoms with Gasteiger partial charge in [-0.3, -0.25) is 14.4 Å². The molecule has 1 aromatic carbocycles. The van der Waals surface area contributed by atoms with Gasteiger partial charge in [0.2, 0.25) is 0 Å². The number of para-hydroxylation sites is 1. The maximum Gasteiger partial charge on any atom is 0.277 e. The second-order valence-corrected chi connectivity index (χ2v) is 6.01. The topological polar surface area (TPSA) is 60.2 Å². The van der Waals surface area contributed by atoms with Crippen LogP contribution in [0.3, 0.4) is 0 Å². The molecule has 0 N–H and O–H groups in total. The molecule has 6 nitrogen and oxygen atoms in total. The van der Waals surface area contributed by atoms with Crippen molar-refractivity contribution in [3.05, 3.63) is 71.1 Å². The molecule has 0 saturated carbocycles.